The average Bonchev–Trinajstić information content (AvgIpc) is 2.42. The number of hydrogen-bond donors (Lipinski definition) is 1. The van der Waals surface area contributed by atoms with Crippen molar-refractivity contribution in [3.63, 3.8) is 0 Å². The van der Waals surface area contributed by atoms with Crippen LogP contribution in [0.15, 0.2) is 59.8 Å². The topological polar surface area (TPSA) is 51.1 Å². The Kier molecular flexibility index (Phi) is 3.81. The molecule has 4 heteroatoms. The minimum Gasteiger partial charge on any atom is -0.457 e. The van der Waals surface area contributed by atoms with Crippen molar-refractivity contribution in [2.75, 3.05) is 0 Å². The van der Waals surface area contributed by atoms with Gasteiger partial charge < -0.3 is 14.7 Å². The van der Waals surface area contributed by atoms with Crippen LogP contribution in [0, 0.1) is 0 Å². The van der Waals surface area contributed by atoms with E-state index < -0.39 is 0 Å². The summed E-state index contributed by atoms with van der Waals surface area (Å²) in [6.45, 7) is 1.56. The number of benzene rings is 2. The minimum atomic E-state index is 0.187. The van der Waals surface area contributed by atoms with Gasteiger partial charge in [-0.1, -0.05) is 23.4 Å². The monoisotopic (exact) mass is 243 g/mol. The largest absolute Gasteiger partial charge is 0.457 e. The summed E-state index contributed by atoms with van der Waals surface area (Å²) in [4.78, 5) is 0. The lowest BCUT2D eigenvalue weighted by molar-refractivity contribution is 0.303. The van der Waals surface area contributed by atoms with Crippen LogP contribution in [0.1, 0.15) is 6.92 Å². The lowest BCUT2D eigenvalue weighted by Gasteiger charge is -2.07. The van der Waals surface area contributed by atoms with E-state index in [0.29, 0.717) is 11.5 Å². The molecule has 0 aliphatic carbocycles. The normalized spacial score (nSPS) is 11.1. The third-order valence-electron chi connectivity index (χ3n) is 2.21. The van der Waals surface area contributed by atoms with Crippen molar-refractivity contribution in [3.05, 3.63) is 54.6 Å². The summed E-state index contributed by atoms with van der Waals surface area (Å²) in [5, 5.41) is 11.4. The fourth-order valence-corrected chi connectivity index (χ4v) is 1.39. The molecule has 0 bridgehead atoms. The molecule has 0 spiro atoms. The standard InChI is InChI=1S/C14H13NO3/c1-11(15-16)17-13-7-9-14(10-8-13)18-12-5-3-2-4-6-12/h2-10,16H,1H3. The predicted molar refractivity (Wildman–Crippen MR) is 68.5 cm³/mol. The highest BCUT2D eigenvalue weighted by Crippen LogP contribution is 2.23. The second-order valence-electron chi connectivity index (χ2n) is 3.61. The van der Waals surface area contributed by atoms with Crippen LogP contribution >= 0.6 is 0 Å². The Hall–Kier alpha value is -2.49. The zero-order valence-corrected chi connectivity index (χ0v) is 9.91. The quantitative estimate of drug-likeness (QED) is 0.387. The smallest absolute Gasteiger partial charge is 0.227 e. The molecule has 2 aromatic carbocycles. The van der Waals surface area contributed by atoms with Gasteiger partial charge in [-0.25, -0.2) is 0 Å². The molecule has 0 unspecified atom stereocenters. The lowest BCUT2D eigenvalue weighted by atomic mass is 10.3. The molecule has 0 saturated carbocycles. The Morgan fingerprint density at radius 1 is 0.889 bits per heavy atom. The molecule has 0 atom stereocenters. The summed E-state index contributed by atoms with van der Waals surface area (Å²) in [5.74, 6) is 2.27. The first-order valence-corrected chi connectivity index (χ1v) is 5.47. The van der Waals surface area contributed by atoms with Crippen LogP contribution in [0.3, 0.4) is 0 Å². The van der Waals surface area contributed by atoms with Gasteiger partial charge in [-0.3, -0.25) is 0 Å². The molecule has 2 aromatic rings. The van der Waals surface area contributed by atoms with E-state index in [2.05, 4.69) is 5.16 Å². The number of nitrogens with zero attached hydrogens (tertiary/aromatic N) is 1. The van der Waals surface area contributed by atoms with Crippen LogP contribution in [0.25, 0.3) is 0 Å². The molecule has 0 aliphatic heterocycles. The second-order valence-corrected chi connectivity index (χ2v) is 3.61. The molecule has 0 aliphatic rings. The first-order chi connectivity index (χ1) is 8.78. The van der Waals surface area contributed by atoms with Gasteiger partial charge in [0.25, 0.3) is 0 Å². The van der Waals surface area contributed by atoms with Crippen molar-refractivity contribution in [2.45, 2.75) is 6.92 Å². The number of hydrogen-bond acceptors (Lipinski definition) is 4. The van der Waals surface area contributed by atoms with E-state index in [0.717, 1.165) is 5.75 Å². The Bertz CT molecular complexity index is 520. The van der Waals surface area contributed by atoms with E-state index in [4.69, 9.17) is 14.7 Å². The highest BCUT2D eigenvalue weighted by atomic mass is 16.5. The summed E-state index contributed by atoms with van der Waals surface area (Å²) in [6, 6.07) is 16.6. The molecule has 92 valence electrons. The van der Waals surface area contributed by atoms with Gasteiger partial charge in [-0.2, -0.15) is 0 Å². The van der Waals surface area contributed by atoms with Crippen LogP contribution in [-0.4, -0.2) is 11.1 Å². The van der Waals surface area contributed by atoms with Gasteiger partial charge in [0.2, 0.25) is 5.90 Å². The molecule has 0 radical (unpaired) electrons. The predicted octanol–water partition coefficient (Wildman–Crippen LogP) is 3.67. The van der Waals surface area contributed by atoms with Crippen molar-refractivity contribution in [1.82, 2.24) is 0 Å². The van der Waals surface area contributed by atoms with Crippen molar-refractivity contribution in [3.8, 4) is 17.2 Å². The van der Waals surface area contributed by atoms with E-state index >= 15 is 0 Å². The highest BCUT2D eigenvalue weighted by molar-refractivity contribution is 5.75. The number of rotatable bonds is 3. The van der Waals surface area contributed by atoms with Gasteiger partial charge in [0, 0.05) is 6.92 Å². The Balaban J connectivity index is 2.04. The van der Waals surface area contributed by atoms with Crippen LogP contribution in [0.5, 0.6) is 17.2 Å². The van der Waals surface area contributed by atoms with Crippen molar-refractivity contribution < 1.29 is 14.7 Å². The summed E-state index contributed by atoms with van der Waals surface area (Å²) in [7, 11) is 0. The van der Waals surface area contributed by atoms with Gasteiger partial charge in [-0.05, 0) is 36.4 Å². The Morgan fingerprint density at radius 3 is 2.06 bits per heavy atom. The van der Waals surface area contributed by atoms with E-state index in [9.17, 15) is 0 Å². The first-order valence-electron chi connectivity index (χ1n) is 5.47. The lowest BCUT2D eigenvalue weighted by Crippen LogP contribution is -2.02. The molecule has 4 nitrogen and oxygen atoms in total. The molecule has 2 rings (SSSR count). The Labute approximate surface area is 105 Å². The van der Waals surface area contributed by atoms with Gasteiger partial charge in [0.15, 0.2) is 0 Å². The van der Waals surface area contributed by atoms with Crippen LogP contribution in [-0.2, 0) is 0 Å². The fourth-order valence-electron chi connectivity index (χ4n) is 1.39. The zero-order chi connectivity index (χ0) is 12.8. The first kappa shape index (κ1) is 12.0. The third kappa shape index (κ3) is 3.25. The third-order valence-corrected chi connectivity index (χ3v) is 2.21. The molecule has 0 amide bonds. The van der Waals surface area contributed by atoms with Crippen molar-refractivity contribution in [2.24, 2.45) is 5.16 Å². The minimum absolute atomic E-state index is 0.187. The van der Waals surface area contributed by atoms with E-state index in [1.54, 1.807) is 31.2 Å². The summed E-state index contributed by atoms with van der Waals surface area (Å²) < 4.78 is 10.8. The van der Waals surface area contributed by atoms with E-state index in [1.165, 1.54) is 0 Å². The average molecular weight is 243 g/mol. The van der Waals surface area contributed by atoms with E-state index in [1.807, 2.05) is 30.3 Å². The molecule has 0 saturated heterocycles. The maximum absolute atomic E-state index is 8.48. The van der Waals surface area contributed by atoms with Crippen LogP contribution in [0.4, 0.5) is 0 Å². The summed E-state index contributed by atoms with van der Waals surface area (Å²) in [5.41, 5.74) is 0. The molecular formula is C14H13NO3. The molecule has 18 heavy (non-hydrogen) atoms. The summed E-state index contributed by atoms with van der Waals surface area (Å²) in [6.07, 6.45) is 0. The summed E-state index contributed by atoms with van der Waals surface area (Å²) >= 11 is 0. The molecule has 0 aromatic heterocycles. The van der Waals surface area contributed by atoms with Gasteiger partial charge in [-0.15, -0.1) is 0 Å². The number of oxime groups is 1. The van der Waals surface area contributed by atoms with Gasteiger partial charge in [0.05, 0.1) is 0 Å². The highest BCUT2D eigenvalue weighted by Gasteiger charge is 1.99. The molecule has 1 N–H and O–H groups in total. The maximum atomic E-state index is 8.48. The number of ether oxygens (including phenoxy) is 2. The van der Waals surface area contributed by atoms with Crippen LogP contribution in [0.2, 0.25) is 0 Å². The SMILES string of the molecule is CC(=NO)Oc1ccc(Oc2ccccc2)cc1. The van der Waals surface area contributed by atoms with Crippen molar-refractivity contribution in [1.29, 1.82) is 0 Å². The Morgan fingerprint density at radius 2 is 1.44 bits per heavy atom. The van der Waals surface area contributed by atoms with Crippen molar-refractivity contribution >= 4 is 5.90 Å². The van der Waals surface area contributed by atoms with Gasteiger partial charge in [0.1, 0.15) is 17.2 Å². The molecule has 0 heterocycles. The molecular weight excluding hydrogens is 230 g/mol. The fraction of sp³-hybridized carbons (Fsp3) is 0.0714. The number of para-hydroxylation sites is 1. The van der Waals surface area contributed by atoms with E-state index in [-0.39, 0.29) is 5.90 Å². The zero-order valence-electron chi connectivity index (χ0n) is 9.91. The van der Waals surface area contributed by atoms with Crippen LogP contribution < -0.4 is 9.47 Å². The second kappa shape index (κ2) is 5.72. The molecule has 0 fully saturated rings. The van der Waals surface area contributed by atoms with Gasteiger partial charge >= 0.3 is 0 Å². The maximum Gasteiger partial charge on any atom is 0.227 e.